The van der Waals surface area contributed by atoms with Crippen LogP contribution in [0.25, 0.3) is 0 Å². The summed E-state index contributed by atoms with van der Waals surface area (Å²) in [7, 11) is 0. The van der Waals surface area contributed by atoms with Gasteiger partial charge in [0.25, 0.3) is 0 Å². The summed E-state index contributed by atoms with van der Waals surface area (Å²) in [6.07, 6.45) is 0. The molecule has 0 fully saturated rings. The number of hydrogen-bond acceptors (Lipinski definition) is 9. The molecule has 0 saturated heterocycles. The van der Waals surface area contributed by atoms with Gasteiger partial charge in [0.1, 0.15) is 0 Å². The van der Waals surface area contributed by atoms with Gasteiger partial charge < -0.3 is 0 Å². The first-order valence-corrected chi connectivity index (χ1v) is 9.96. The van der Waals surface area contributed by atoms with E-state index in [0.717, 1.165) is 11.6 Å². The van der Waals surface area contributed by atoms with E-state index in [9.17, 15) is 30.3 Å². The third-order valence-electron chi connectivity index (χ3n) is 3.81. The van der Waals surface area contributed by atoms with E-state index in [1.807, 2.05) is 0 Å². The fourth-order valence-corrected chi connectivity index (χ4v) is 4.14. The van der Waals surface area contributed by atoms with Crippen molar-refractivity contribution < 1.29 is 14.8 Å². The summed E-state index contributed by atoms with van der Waals surface area (Å²) in [6, 6.07) is 9.52. The third-order valence-corrected chi connectivity index (χ3v) is 5.97. The van der Waals surface area contributed by atoms with Gasteiger partial charge >= 0.3 is 168 Å². The van der Waals surface area contributed by atoms with Crippen LogP contribution in [0.1, 0.15) is 11.1 Å². The van der Waals surface area contributed by atoms with Crippen molar-refractivity contribution in [1.29, 1.82) is 0 Å². The zero-order valence-corrected chi connectivity index (χ0v) is 16.2. The van der Waals surface area contributed by atoms with E-state index < -0.39 is 14.8 Å². The zero-order valence-electron chi connectivity index (χ0n) is 14.4. The number of non-ortho nitro benzene ring substituents is 2. The molecule has 13 nitrogen and oxygen atoms in total. The molecule has 148 valence electrons. The van der Waals surface area contributed by atoms with Crippen LogP contribution in [0.5, 0.6) is 0 Å². The number of nitro groups is 3. The Hall–Kier alpha value is -3.77. The summed E-state index contributed by atoms with van der Waals surface area (Å²) in [4.78, 5) is 31.0. The quantitative estimate of drug-likeness (QED) is 0.267. The van der Waals surface area contributed by atoms with E-state index in [1.165, 1.54) is 28.9 Å². The second-order valence-corrected chi connectivity index (χ2v) is 7.64. The molecule has 1 aromatic heterocycles. The Labute approximate surface area is 167 Å². The van der Waals surface area contributed by atoms with Gasteiger partial charge in [-0.25, -0.2) is 0 Å². The molecular weight excluding hydrogens is 453 g/mol. The molecule has 0 aliphatic heterocycles. The number of benzene rings is 2. The van der Waals surface area contributed by atoms with Crippen molar-refractivity contribution in [2.75, 3.05) is 0 Å². The molecule has 0 atom stereocenters. The molecule has 3 rings (SSSR count). The fraction of sp³-hybridized carbons (Fsp3) is 0.133. The van der Waals surface area contributed by atoms with Crippen LogP contribution in [0.3, 0.4) is 0 Å². The SMILES string of the molecule is O=[N+]([O-])c1ccc(C[Se]c2nnnn2Cc2ccc([N+](=O)[O-])cc2[N+](=O)[O-])cc1. The van der Waals surface area contributed by atoms with Crippen molar-refractivity contribution in [3.63, 3.8) is 0 Å². The minimum absolute atomic E-state index is 0.00318. The predicted octanol–water partition coefficient (Wildman–Crippen LogP) is 0.976. The molecule has 14 heteroatoms. The Bertz CT molecular complexity index is 1090. The van der Waals surface area contributed by atoms with Gasteiger partial charge in [0.05, 0.1) is 0 Å². The topological polar surface area (TPSA) is 173 Å². The maximum atomic E-state index is 11.3. The third kappa shape index (κ3) is 4.75. The van der Waals surface area contributed by atoms with E-state index in [2.05, 4.69) is 15.5 Å². The average Bonchev–Trinajstić information content (AvgIpc) is 3.13. The number of nitrogens with zero attached hydrogens (tertiary/aromatic N) is 7. The Morgan fingerprint density at radius 3 is 2.17 bits per heavy atom. The number of aromatic nitrogens is 4. The van der Waals surface area contributed by atoms with Gasteiger partial charge in [-0.15, -0.1) is 0 Å². The fourth-order valence-electron chi connectivity index (χ4n) is 2.39. The Balaban J connectivity index is 1.76. The summed E-state index contributed by atoms with van der Waals surface area (Å²) in [5.74, 6) is 0. The monoisotopic (exact) mass is 465 g/mol. The summed E-state index contributed by atoms with van der Waals surface area (Å²) in [6.45, 7) is -0.0152. The van der Waals surface area contributed by atoms with E-state index in [-0.39, 0.29) is 44.1 Å². The van der Waals surface area contributed by atoms with Gasteiger partial charge in [-0.05, 0) is 0 Å². The van der Waals surface area contributed by atoms with Crippen molar-refractivity contribution in [3.8, 4) is 0 Å². The molecule has 29 heavy (non-hydrogen) atoms. The molecule has 2 aromatic carbocycles. The number of nitro benzene ring substituents is 3. The van der Waals surface area contributed by atoms with Gasteiger partial charge in [0, 0.05) is 0 Å². The molecule has 0 saturated carbocycles. The van der Waals surface area contributed by atoms with Crippen LogP contribution in [-0.4, -0.2) is 49.9 Å². The van der Waals surface area contributed by atoms with E-state index in [1.54, 1.807) is 12.1 Å². The van der Waals surface area contributed by atoms with Gasteiger partial charge in [0.15, 0.2) is 0 Å². The zero-order chi connectivity index (χ0) is 21.0. The molecule has 3 aromatic rings. The molecule has 0 unspecified atom stereocenters. The van der Waals surface area contributed by atoms with Crippen molar-refractivity contribution in [2.24, 2.45) is 0 Å². The van der Waals surface area contributed by atoms with Gasteiger partial charge in [-0.1, -0.05) is 0 Å². The normalized spacial score (nSPS) is 10.6. The standard InChI is InChI=1S/C15H11N7O6Se/c23-20(24)12-4-1-10(2-5-12)9-29-15-16-17-18-19(15)8-11-3-6-13(21(25)26)7-14(11)22(27)28/h1-7H,8-9H2. The van der Waals surface area contributed by atoms with E-state index in [4.69, 9.17) is 0 Å². The van der Waals surface area contributed by atoms with Crippen LogP contribution >= 0.6 is 0 Å². The molecule has 0 N–H and O–H groups in total. The van der Waals surface area contributed by atoms with Crippen LogP contribution in [0.4, 0.5) is 17.1 Å². The molecule has 0 bridgehead atoms. The second kappa shape index (κ2) is 8.50. The maximum absolute atomic E-state index is 11.3. The molecule has 0 aliphatic rings. The number of rotatable bonds is 8. The predicted molar refractivity (Wildman–Crippen MR) is 98.9 cm³/mol. The molecule has 0 spiro atoms. The van der Waals surface area contributed by atoms with Crippen molar-refractivity contribution in [2.45, 2.75) is 11.9 Å². The first-order chi connectivity index (χ1) is 13.8. The Morgan fingerprint density at radius 2 is 1.55 bits per heavy atom. The van der Waals surface area contributed by atoms with Crippen molar-refractivity contribution >= 4 is 36.7 Å². The summed E-state index contributed by atoms with van der Waals surface area (Å²) >= 11 is -0.241. The molecule has 0 aliphatic carbocycles. The van der Waals surface area contributed by atoms with Crippen LogP contribution in [0.2, 0.25) is 0 Å². The molecule has 0 amide bonds. The van der Waals surface area contributed by atoms with Crippen LogP contribution < -0.4 is 4.72 Å². The van der Waals surface area contributed by atoms with E-state index in [0.29, 0.717) is 10.0 Å². The Morgan fingerprint density at radius 1 is 0.897 bits per heavy atom. The van der Waals surface area contributed by atoms with E-state index >= 15 is 0 Å². The first kappa shape index (κ1) is 20.0. The van der Waals surface area contributed by atoms with Gasteiger partial charge in [0.2, 0.25) is 0 Å². The van der Waals surface area contributed by atoms with Crippen molar-refractivity contribution in [1.82, 2.24) is 20.2 Å². The van der Waals surface area contributed by atoms with Crippen LogP contribution in [-0.2, 0) is 11.9 Å². The Kier molecular flexibility index (Phi) is 5.85. The summed E-state index contributed by atoms with van der Waals surface area (Å²) < 4.78 is 1.92. The van der Waals surface area contributed by atoms with Gasteiger partial charge in [-0.3, -0.25) is 0 Å². The van der Waals surface area contributed by atoms with Crippen LogP contribution in [0, 0.1) is 30.3 Å². The number of hydrogen-bond donors (Lipinski definition) is 0. The van der Waals surface area contributed by atoms with Crippen molar-refractivity contribution in [3.05, 3.63) is 83.9 Å². The summed E-state index contributed by atoms with van der Waals surface area (Å²) in [5.41, 5.74) is 0.339. The van der Waals surface area contributed by atoms with Crippen LogP contribution in [0.15, 0.2) is 42.5 Å². The summed E-state index contributed by atoms with van der Waals surface area (Å²) in [5, 5.41) is 44.8. The number of tetrazole rings is 1. The molecule has 0 radical (unpaired) electrons. The average molecular weight is 464 g/mol. The first-order valence-electron chi connectivity index (χ1n) is 7.89. The second-order valence-electron chi connectivity index (χ2n) is 5.66. The molecular formula is C15H11N7O6Se. The van der Waals surface area contributed by atoms with Gasteiger partial charge in [-0.2, -0.15) is 0 Å². The minimum atomic E-state index is -0.702. The molecule has 1 heterocycles.